The zero-order chi connectivity index (χ0) is 17.7. The van der Waals surface area contributed by atoms with Gasteiger partial charge in [-0.1, -0.05) is 17.7 Å². The summed E-state index contributed by atoms with van der Waals surface area (Å²) < 4.78 is 32.2. The van der Waals surface area contributed by atoms with Gasteiger partial charge in [-0.25, -0.2) is 13.2 Å². The first-order valence-corrected chi connectivity index (χ1v) is 9.01. The average molecular weight is 369 g/mol. The van der Waals surface area contributed by atoms with Crippen molar-refractivity contribution in [1.82, 2.24) is 0 Å². The van der Waals surface area contributed by atoms with E-state index >= 15 is 0 Å². The third-order valence-electron chi connectivity index (χ3n) is 3.13. The lowest BCUT2D eigenvalue weighted by Gasteiger charge is -2.12. The van der Waals surface area contributed by atoms with Crippen molar-refractivity contribution >= 4 is 39.1 Å². The van der Waals surface area contributed by atoms with Gasteiger partial charge in [-0.05, 0) is 55.8 Å². The van der Waals surface area contributed by atoms with Crippen LogP contribution in [0.2, 0.25) is 5.02 Å². The molecular weight excluding hydrogens is 352 g/mol. The smallest absolute Gasteiger partial charge is 0.411 e. The minimum Gasteiger partial charge on any atom is -0.450 e. The maximum Gasteiger partial charge on any atom is 0.411 e. The number of carbonyl (C=O) groups is 1. The van der Waals surface area contributed by atoms with Crippen molar-refractivity contribution in [1.29, 1.82) is 0 Å². The molecular formula is C16H17ClN2O4S. The van der Waals surface area contributed by atoms with Crippen molar-refractivity contribution in [2.45, 2.75) is 18.7 Å². The van der Waals surface area contributed by atoms with Crippen LogP contribution in [0.15, 0.2) is 47.4 Å². The molecule has 0 unspecified atom stereocenters. The van der Waals surface area contributed by atoms with E-state index in [4.69, 9.17) is 16.3 Å². The molecule has 0 spiro atoms. The predicted octanol–water partition coefficient (Wildman–Crippen LogP) is 4.02. The van der Waals surface area contributed by atoms with Crippen LogP contribution in [0.25, 0.3) is 0 Å². The number of nitrogens with one attached hydrogen (secondary N) is 2. The second-order valence-corrected chi connectivity index (χ2v) is 7.05. The quantitative estimate of drug-likeness (QED) is 0.834. The van der Waals surface area contributed by atoms with Crippen molar-refractivity contribution in [2.75, 3.05) is 16.6 Å². The summed E-state index contributed by atoms with van der Waals surface area (Å²) in [6, 6.07) is 10.7. The Balaban J connectivity index is 2.26. The molecule has 0 saturated carbocycles. The average Bonchev–Trinajstić information content (AvgIpc) is 2.51. The number of ether oxygens (including phenoxy) is 1. The molecule has 1 amide bonds. The Labute approximate surface area is 145 Å². The molecule has 24 heavy (non-hydrogen) atoms. The maximum absolute atomic E-state index is 12.5. The Hall–Kier alpha value is -2.25. The van der Waals surface area contributed by atoms with Crippen LogP contribution in [0.4, 0.5) is 16.2 Å². The van der Waals surface area contributed by atoms with Crippen LogP contribution in [0, 0.1) is 6.92 Å². The molecule has 2 aromatic rings. The summed E-state index contributed by atoms with van der Waals surface area (Å²) in [7, 11) is -3.80. The first-order valence-electron chi connectivity index (χ1n) is 7.14. The van der Waals surface area contributed by atoms with Crippen LogP contribution in [0.5, 0.6) is 0 Å². The maximum atomic E-state index is 12.5. The molecule has 128 valence electrons. The molecule has 2 aromatic carbocycles. The highest BCUT2D eigenvalue weighted by Gasteiger charge is 2.16. The number of hydrogen-bond donors (Lipinski definition) is 2. The van der Waals surface area contributed by atoms with Gasteiger partial charge in [0.25, 0.3) is 10.0 Å². The van der Waals surface area contributed by atoms with Crippen LogP contribution in [-0.2, 0) is 14.8 Å². The van der Waals surface area contributed by atoms with Crippen molar-refractivity contribution in [2.24, 2.45) is 0 Å². The summed E-state index contributed by atoms with van der Waals surface area (Å²) in [5, 5.41) is 3.03. The van der Waals surface area contributed by atoms with E-state index in [0.717, 1.165) is 0 Å². The number of amides is 1. The summed E-state index contributed by atoms with van der Waals surface area (Å²) >= 11 is 5.78. The number of benzene rings is 2. The highest BCUT2D eigenvalue weighted by molar-refractivity contribution is 7.92. The summed E-state index contributed by atoms with van der Waals surface area (Å²) in [4.78, 5) is 11.6. The van der Waals surface area contributed by atoms with E-state index in [2.05, 4.69) is 10.0 Å². The normalized spacial score (nSPS) is 11.0. The van der Waals surface area contributed by atoms with Gasteiger partial charge in [-0.3, -0.25) is 10.0 Å². The van der Waals surface area contributed by atoms with Gasteiger partial charge in [0.1, 0.15) is 0 Å². The largest absolute Gasteiger partial charge is 0.450 e. The van der Waals surface area contributed by atoms with E-state index < -0.39 is 16.1 Å². The molecule has 0 atom stereocenters. The fourth-order valence-electron chi connectivity index (χ4n) is 1.91. The van der Waals surface area contributed by atoms with E-state index in [1.54, 1.807) is 44.2 Å². The molecule has 0 fully saturated rings. The zero-order valence-corrected chi connectivity index (χ0v) is 14.7. The lowest BCUT2D eigenvalue weighted by molar-refractivity contribution is 0.168. The van der Waals surface area contributed by atoms with Gasteiger partial charge in [0, 0.05) is 16.4 Å². The van der Waals surface area contributed by atoms with Crippen LogP contribution >= 0.6 is 11.6 Å². The first-order chi connectivity index (χ1) is 11.3. The van der Waals surface area contributed by atoms with E-state index in [1.807, 2.05) is 0 Å². The first kappa shape index (κ1) is 18.1. The Morgan fingerprint density at radius 3 is 2.46 bits per heavy atom. The van der Waals surface area contributed by atoms with Crippen LogP contribution in [0.3, 0.4) is 0 Å². The Bertz CT molecular complexity index is 836. The second-order valence-electron chi connectivity index (χ2n) is 4.93. The number of carbonyl (C=O) groups excluding carboxylic acids is 1. The number of halogens is 1. The van der Waals surface area contributed by atoms with Crippen molar-refractivity contribution < 1.29 is 17.9 Å². The summed E-state index contributed by atoms with van der Waals surface area (Å²) in [6.07, 6.45) is -0.638. The SMILES string of the molecule is CCOC(=O)Nc1cc(S(=O)(=O)Nc2ccc(Cl)cc2)ccc1C. The van der Waals surface area contributed by atoms with Gasteiger partial charge in [0.05, 0.1) is 11.5 Å². The number of aryl methyl sites for hydroxylation is 1. The molecule has 6 nitrogen and oxygen atoms in total. The molecule has 8 heteroatoms. The molecule has 0 aromatic heterocycles. The lowest BCUT2D eigenvalue weighted by Crippen LogP contribution is -2.16. The second kappa shape index (κ2) is 7.55. The summed E-state index contributed by atoms with van der Waals surface area (Å²) in [5.41, 5.74) is 1.47. The molecule has 0 saturated heterocycles. The molecule has 2 rings (SSSR count). The molecule has 2 N–H and O–H groups in total. The molecule has 0 aliphatic rings. The Kier molecular flexibility index (Phi) is 5.69. The highest BCUT2D eigenvalue weighted by Crippen LogP contribution is 2.23. The number of sulfonamides is 1. The molecule has 0 aliphatic carbocycles. The zero-order valence-electron chi connectivity index (χ0n) is 13.2. The topological polar surface area (TPSA) is 84.5 Å². The molecule has 0 aliphatic heterocycles. The molecule has 0 radical (unpaired) electrons. The molecule has 0 bridgehead atoms. The van der Waals surface area contributed by atoms with Crippen LogP contribution in [-0.4, -0.2) is 21.1 Å². The molecule has 0 heterocycles. The van der Waals surface area contributed by atoms with Gasteiger partial charge in [0.15, 0.2) is 0 Å². The van der Waals surface area contributed by atoms with Crippen molar-refractivity contribution in [3.05, 3.63) is 53.1 Å². The van der Waals surface area contributed by atoms with E-state index in [1.165, 1.54) is 12.1 Å². The summed E-state index contributed by atoms with van der Waals surface area (Å²) in [6.45, 7) is 3.66. The van der Waals surface area contributed by atoms with E-state index in [9.17, 15) is 13.2 Å². The van der Waals surface area contributed by atoms with Crippen LogP contribution in [0.1, 0.15) is 12.5 Å². The minimum absolute atomic E-state index is 0.0230. The number of anilines is 2. The number of rotatable bonds is 5. The van der Waals surface area contributed by atoms with Gasteiger partial charge in [-0.15, -0.1) is 0 Å². The Morgan fingerprint density at radius 1 is 1.17 bits per heavy atom. The third-order valence-corrected chi connectivity index (χ3v) is 4.76. The monoisotopic (exact) mass is 368 g/mol. The van der Waals surface area contributed by atoms with Gasteiger partial charge in [-0.2, -0.15) is 0 Å². The van der Waals surface area contributed by atoms with E-state index in [0.29, 0.717) is 22.0 Å². The van der Waals surface area contributed by atoms with Gasteiger partial charge >= 0.3 is 6.09 Å². The standard InChI is InChI=1S/C16H17ClN2O4S/c1-3-23-16(20)18-15-10-14(9-4-11(15)2)24(21,22)19-13-7-5-12(17)6-8-13/h4-10,19H,3H2,1-2H3,(H,18,20). The fourth-order valence-corrected chi connectivity index (χ4v) is 3.12. The third kappa shape index (κ3) is 4.62. The van der Waals surface area contributed by atoms with Crippen LogP contribution < -0.4 is 10.0 Å². The van der Waals surface area contributed by atoms with Crippen molar-refractivity contribution in [3.63, 3.8) is 0 Å². The fraction of sp³-hybridized carbons (Fsp3) is 0.188. The van der Waals surface area contributed by atoms with Gasteiger partial charge in [0.2, 0.25) is 0 Å². The predicted molar refractivity (Wildman–Crippen MR) is 94.1 cm³/mol. The minimum atomic E-state index is -3.80. The highest BCUT2D eigenvalue weighted by atomic mass is 35.5. The number of hydrogen-bond acceptors (Lipinski definition) is 4. The lowest BCUT2D eigenvalue weighted by atomic mass is 10.2. The van der Waals surface area contributed by atoms with Gasteiger partial charge < -0.3 is 4.74 Å². The summed E-state index contributed by atoms with van der Waals surface area (Å²) in [5.74, 6) is 0. The van der Waals surface area contributed by atoms with Crippen molar-refractivity contribution in [3.8, 4) is 0 Å². The Morgan fingerprint density at radius 2 is 1.83 bits per heavy atom. The van der Waals surface area contributed by atoms with E-state index in [-0.39, 0.29) is 11.5 Å².